The highest BCUT2D eigenvalue weighted by molar-refractivity contribution is 5.71. The number of hydrogen-bond acceptors (Lipinski definition) is 2. The Bertz CT molecular complexity index is 1660. The van der Waals surface area contributed by atoms with E-state index in [1.165, 1.54) is 36.4 Å². The zero-order valence-corrected chi connectivity index (χ0v) is 23.2. The molecule has 1 aliphatic carbocycles. The van der Waals surface area contributed by atoms with Crippen molar-refractivity contribution in [1.82, 2.24) is 0 Å². The summed E-state index contributed by atoms with van der Waals surface area (Å²) in [6.07, 6.45) is -1.95. The number of halogens is 8. The molecule has 0 bridgehead atoms. The molecule has 5 rings (SSSR count). The van der Waals surface area contributed by atoms with Crippen molar-refractivity contribution in [2.24, 2.45) is 0 Å². The summed E-state index contributed by atoms with van der Waals surface area (Å²) in [6, 6.07) is 12.4. The molecule has 0 heterocycles. The van der Waals surface area contributed by atoms with Gasteiger partial charge in [0.1, 0.15) is 29.8 Å². The minimum atomic E-state index is -3.86. The largest absolute Gasteiger partial charge is 0.489 e. The summed E-state index contributed by atoms with van der Waals surface area (Å²) in [5.41, 5.74) is -0.418. The normalized spacial score (nSPS) is 17.0. The Labute approximate surface area is 248 Å². The predicted molar refractivity (Wildman–Crippen MR) is 149 cm³/mol. The van der Waals surface area contributed by atoms with E-state index in [0.717, 1.165) is 18.2 Å². The van der Waals surface area contributed by atoms with E-state index in [1.807, 2.05) is 0 Å². The summed E-state index contributed by atoms with van der Waals surface area (Å²) in [5, 5.41) is 0. The van der Waals surface area contributed by atoms with Crippen LogP contribution in [0, 0.1) is 34.9 Å². The van der Waals surface area contributed by atoms with Gasteiger partial charge in [0, 0.05) is 17.2 Å². The van der Waals surface area contributed by atoms with E-state index in [-0.39, 0.29) is 53.4 Å². The molecule has 230 valence electrons. The van der Waals surface area contributed by atoms with E-state index in [2.05, 4.69) is 6.58 Å². The first-order valence-corrected chi connectivity index (χ1v) is 13.8. The van der Waals surface area contributed by atoms with Gasteiger partial charge in [0.15, 0.2) is 17.5 Å². The van der Waals surface area contributed by atoms with E-state index in [9.17, 15) is 30.7 Å². The average Bonchev–Trinajstić information content (AvgIpc) is 2.98. The molecule has 1 fully saturated rings. The van der Waals surface area contributed by atoms with Gasteiger partial charge in [-0.2, -0.15) is 8.78 Å². The van der Waals surface area contributed by atoms with Crippen LogP contribution in [0.3, 0.4) is 0 Å². The minimum Gasteiger partial charge on any atom is -0.489 e. The van der Waals surface area contributed by atoms with Gasteiger partial charge in [0.05, 0.1) is 11.7 Å². The number of alkyl halides is 2. The monoisotopic (exact) mass is 618 g/mol. The topological polar surface area (TPSA) is 18.5 Å². The highest BCUT2D eigenvalue weighted by Crippen LogP contribution is 2.41. The van der Waals surface area contributed by atoms with Crippen LogP contribution in [0.25, 0.3) is 22.3 Å². The maximum absolute atomic E-state index is 15.2. The van der Waals surface area contributed by atoms with Gasteiger partial charge >= 0.3 is 6.11 Å². The fraction of sp³-hybridized carbons (Fsp3) is 0.235. The molecule has 1 aliphatic rings. The molecule has 0 amide bonds. The molecule has 0 atom stereocenters. The van der Waals surface area contributed by atoms with Gasteiger partial charge < -0.3 is 9.47 Å². The van der Waals surface area contributed by atoms with Crippen LogP contribution in [0.15, 0.2) is 79.4 Å². The summed E-state index contributed by atoms with van der Waals surface area (Å²) >= 11 is 0. The van der Waals surface area contributed by atoms with Crippen LogP contribution in [0.4, 0.5) is 35.1 Å². The molecule has 0 aromatic heterocycles. The predicted octanol–water partition coefficient (Wildman–Crippen LogP) is 10.2. The Hall–Kier alpha value is -4.18. The Morgan fingerprint density at radius 3 is 1.91 bits per heavy atom. The molecular formula is C34H26F8O2. The molecule has 0 aliphatic heterocycles. The quantitative estimate of drug-likeness (QED) is 0.106. The molecule has 2 nitrogen and oxygen atoms in total. The number of benzene rings is 4. The standard InChI is InChI=1S/C34H26F8O2/c1-2-13-43-24-9-12-27(30(37)18-24)34(41,42)44-23-7-3-19(4-8-23)20-5-10-25(28(35)14-20)21-6-11-26(29(36)15-21)22-16-31(38)33(40)32(39)17-22/h2,5-6,9-12,14-19,23H,1,3-4,7-8,13H2. The molecule has 0 N–H and O–H groups in total. The van der Waals surface area contributed by atoms with Crippen molar-refractivity contribution in [2.75, 3.05) is 6.61 Å². The maximum atomic E-state index is 15.2. The molecule has 1 saturated carbocycles. The van der Waals surface area contributed by atoms with E-state index in [0.29, 0.717) is 30.5 Å². The second-order valence-electron chi connectivity index (χ2n) is 10.5. The van der Waals surface area contributed by atoms with Gasteiger partial charge in [-0.1, -0.05) is 36.9 Å². The summed E-state index contributed by atoms with van der Waals surface area (Å²) in [4.78, 5) is 0. The third kappa shape index (κ3) is 6.65. The van der Waals surface area contributed by atoms with Crippen molar-refractivity contribution in [2.45, 2.75) is 43.8 Å². The molecule has 0 radical (unpaired) electrons. The smallest absolute Gasteiger partial charge is 0.386 e. The number of ether oxygens (including phenoxy) is 2. The van der Waals surface area contributed by atoms with Crippen LogP contribution in [0.5, 0.6) is 5.75 Å². The third-order valence-corrected chi connectivity index (χ3v) is 7.65. The molecule has 0 spiro atoms. The van der Waals surface area contributed by atoms with Crippen LogP contribution < -0.4 is 4.74 Å². The fourth-order valence-electron chi connectivity index (χ4n) is 5.41. The van der Waals surface area contributed by atoms with E-state index in [1.54, 1.807) is 6.07 Å². The number of rotatable bonds is 9. The van der Waals surface area contributed by atoms with Gasteiger partial charge in [0.2, 0.25) is 0 Å². The van der Waals surface area contributed by atoms with E-state index >= 15 is 4.39 Å². The highest BCUT2D eigenvalue weighted by atomic mass is 19.3. The lowest BCUT2D eigenvalue weighted by Crippen LogP contribution is -2.30. The lowest BCUT2D eigenvalue weighted by Gasteiger charge is -2.31. The SMILES string of the molecule is C=CCOc1ccc(C(F)(F)OC2CCC(c3ccc(-c4ccc(-c5cc(F)c(F)c(F)c5)c(F)c4)c(F)c3)CC2)c(F)c1. The van der Waals surface area contributed by atoms with Gasteiger partial charge in [-0.15, -0.1) is 0 Å². The summed E-state index contributed by atoms with van der Waals surface area (Å²) in [6.45, 7) is 3.57. The van der Waals surface area contributed by atoms with Crippen LogP contribution in [-0.4, -0.2) is 12.7 Å². The van der Waals surface area contributed by atoms with Crippen LogP contribution in [0.1, 0.15) is 42.7 Å². The average molecular weight is 619 g/mol. The second-order valence-corrected chi connectivity index (χ2v) is 10.5. The zero-order valence-electron chi connectivity index (χ0n) is 23.2. The third-order valence-electron chi connectivity index (χ3n) is 7.65. The Kier molecular flexibility index (Phi) is 9.10. The summed E-state index contributed by atoms with van der Waals surface area (Å²) in [5.74, 6) is -7.35. The summed E-state index contributed by atoms with van der Waals surface area (Å²) in [7, 11) is 0. The molecular weight excluding hydrogens is 592 g/mol. The van der Waals surface area contributed by atoms with Crippen molar-refractivity contribution in [1.29, 1.82) is 0 Å². The number of hydrogen-bond donors (Lipinski definition) is 0. The van der Waals surface area contributed by atoms with Crippen molar-refractivity contribution < 1.29 is 44.6 Å². The van der Waals surface area contributed by atoms with Gasteiger partial charge in [-0.25, -0.2) is 26.3 Å². The van der Waals surface area contributed by atoms with Crippen molar-refractivity contribution in [3.05, 3.63) is 125 Å². The highest BCUT2D eigenvalue weighted by Gasteiger charge is 2.40. The molecule has 0 unspecified atom stereocenters. The molecule has 10 heteroatoms. The van der Waals surface area contributed by atoms with Crippen LogP contribution in [-0.2, 0) is 10.8 Å². The van der Waals surface area contributed by atoms with Crippen LogP contribution >= 0.6 is 0 Å². The molecule has 0 saturated heterocycles. The zero-order chi connectivity index (χ0) is 31.6. The van der Waals surface area contributed by atoms with Crippen LogP contribution in [0.2, 0.25) is 0 Å². The molecule has 44 heavy (non-hydrogen) atoms. The Morgan fingerprint density at radius 1 is 0.682 bits per heavy atom. The van der Waals surface area contributed by atoms with E-state index < -0.39 is 52.7 Å². The first kappa shape index (κ1) is 31.3. The Morgan fingerprint density at radius 2 is 1.30 bits per heavy atom. The lowest BCUT2D eigenvalue weighted by molar-refractivity contribution is -0.278. The Balaban J connectivity index is 1.23. The van der Waals surface area contributed by atoms with Gasteiger partial charge in [0.25, 0.3) is 0 Å². The second kappa shape index (κ2) is 12.8. The lowest BCUT2D eigenvalue weighted by atomic mass is 9.82. The summed E-state index contributed by atoms with van der Waals surface area (Å²) < 4.78 is 125. The van der Waals surface area contributed by atoms with Crippen molar-refractivity contribution in [3.63, 3.8) is 0 Å². The van der Waals surface area contributed by atoms with Crippen molar-refractivity contribution >= 4 is 0 Å². The minimum absolute atomic E-state index is 0.0790. The first-order chi connectivity index (χ1) is 21.0. The van der Waals surface area contributed by atoms with Gasteiger partial charge in [-0.3, -0.25) is 0 Å². The van der Waals surface area contributed by atoms with E-state index in [4.69, 9.17) is 9.47 Å². The molecule has 4 aromatic carbocycles. The first-order valence-electron chi connectivity index (χ1n) is 13.8. The fourth-order valence-corrected chi connectivity index (χ4v) is 5.41. The van der Waals surface area contributed by atoms with Gasteiger partial charge in [-0.05, 0) is 84.7 Å². The van der Waals surface area contributed by atoms with Crippen molar-refractivity contribution in [3.8, 4) is 28.0 Å². The molecule has 4 aromatic rings. The maximum Gasteiger partial charge on any atom is 0.386 e.